The van der Waals surface area contributed by atoms with Crippen molar-refractivity contribution in [2.75, 3.05) is 6.61 Å². The van der Waals surface area contributed by atoms with E-state index in [0.29, 0.717) is 17.3 Å². The summed E-state index contributed by atoms with van der Waals surface area (Å²) in [6.45, 7) is 0.340. The summed E-state index contributed by atoms with van der Waals surface area (Å²) in [4.78, 5) is 10.4. The largest absolute Gasteiger partial charge is 0.481 e. The van der Waals surface area contributed by atoms with Gasteiger partial charge in [-0.15, -0.1) is 0 Å². The van der Waals surface area contributed by atoms with Crippen LogP contribution in [0.15, 0.2) is 12.3 Å². The van der Waals surface area contributed by atoms with E-state index in [-0.39, 0.29) is 13.0 Å². The van der Waals surface area contributed by atoms with E-state index in [9.17, 15) is 4.79 Å². The summed E-state index contributed by atoms with van der Waals surface area (Å²) in [5.41, 5.74) is 0.603. The molecule has 1 heterocycles. The van der Waals surface area contributed by atoms with E-state index in [0.717, 1.165) is 0 Å². The summed E-state index contributed by atoms with van der Waals surface area (Å²) >= 11 is 5.69. The number of carboxylic acid groups (broad SMARTS) is 1. The number of aliphatic carboxylic acids is 1. The average molecular weight is 204 g/mol. The first-order chi connectivity index (χ1) is 6.13. The molecule has 0 saturated heterocycles. The van der Waals surface area contributed by atoms with Crippen LogP contribution >= 0.6 is 11.6 Å². The molecule has 0 radical (unpaired) electrons. The van der Waals surface area contributed by atoms with Crippen LogP contribution in [0.2, 0.25) is 5.02 Å². The van der Waals surface area contributed by atoms with Crippen LogP contribution in [0, 0.1) is 0 Å². The first-order valence-corrected chi connectivity index (χ1v) is 4.18. The molecule has 4 nitrogen and oxygen atoms in total. The Kier molecular flexibility index (Phi) is 3.33. The molecule has 72 valence electrons. The molecule has 0 aromatic carbocycles. The number of carboxylic acids is 1. The fraction of sp³-hybridized carbons (Fsp3) is 0.375. The highest BCUT2D eigenvalue weighted by molar-refractivity contribution is 6.30. The highest BCUT2D eigenvalue weighted by Crippen LogP contribution is 2.14. The fourth-order valence-electron chi connectivity index (χ4n) is 1.13. The lowest BCUT2D eigenvalue weighted by Gasteiger charge is -2.03. The molecule has 0 unspecified atom stereocenters. The Bertz CT molecular complexity index is 308. The summed E-state index contributed by atoms with van der Waals surface area (Å²) in [5, 5.41) is 17.7. The van der Waals surface area contributed by atoms with Gasteiger partial charge in [0.2, 0.25) is 0 Å². The third kappa shape index (κ3) is 2.75. The second-order valence-corrected chi connectivity index (χ2v) is 3.07. The highest BCUT2D eigenvalue weighted by Gasteiger charge is 2.07. The standard InChI is InChI=1S/C8H10ClNO3/c9-6-3-7(4-8(12)13)10(5-6)1-2-11/h3,5,11H,1-2,4H2,(H,12,13). The molecule has 0 spiro atoms. The fourth-order valence-corrected chi connectivity index (χ4v) is 1.38. The lowest BCUT2D eigenvalue weighted by Crippen LogP contribution is -2.09. The predicted molar refractivity (Wildman–Crippen MR) is 47.9 cm³/mol. The Balaban J connectivity index is 2.83. The number of hydrogen-bond acceptors (Lipinski definition) is 2. The summed E-state index contributed by atoms with van der Waals surface area (Å²) in [6.07, 6.45) is 1.53. The van der Waals surface area contributed by atoms with E-state index in [1.54, 1.807) is 16.8 Å². The SMILES string of the molecule is O=C(O)Cc1cc(Cl)cn1CCO. The number of halogens is 1. The third-order valence-corrected chi connectivity index (χ3v) is 1.83. The first-order valence-electron chi connectivity index (χ1n) is 3.80. The number of aliphatic hydroxyl groups excluding tert-OH is 1. The summed E-state index contributed by atoms with van der Waals surface area (Å²) in [7, 11) is 0. The molecule has 0 aliphatic heterocycles. The highest BCUT2D eigenvalue weighted by atomic mass is 35.5. The van der Waals surface area contributed by atoms with Crippen LogP contribution in [0.4, 0.5) is 0 Å². The quantitative estimate of drug-likeness (QED) is 0.760. The smallest absolute Gasteiger partial charge is 0.309 e. The molecule has 1 aromatic heterocycles. The van der Waals surface area contributed by atoms with Crippen LogP contribution in [-0.2, 0) is 17.8 Å². The first kappa shape index (κ1) is 10.1. The Morgan fingerprint density at radius 2 is 2.31 bits per heavy atom. The van der Waals surface area contributed by atoms with Gasteiger partial charge in [-0.3, -0.25) is 4.79 Å². The monoisotopic (exact) mass is 203 g/mol. The van der Waals surface area contributed by atoms with Crippen molar-refractivity contribution in [1.82, 2.24) is 4.57 Å². The molecule has 1 aromatic rings. The van der Waals surface area contributed by atoms with Crippen LogP contribution in [0.25, 0.3) is 0 Å². The second kappa shape index (κ2) is 4.30. The van der Waals surface area contributed by atoms with Crippen molar-refractivity contribution in [3.8, 4) is 0 Å². The van der Waals surface area contributed by atoms with Gasteiger partial charge in [-0.05, 0) is 6.07 Å². The van der Waals surface area contributed by atoms with Gasteiger partial charge in [-0.2, -0.15) is 0 Å². The summed E-state index contributed by atoms with van der Waals surface area (Å²) < 4.78 is 1.64. The minimum atomic E-state index is -0.908. The maximum Gasteiger partial charge on any atom is 0.309 e. The molecular formula is C8H10ClNO3. The van der Waals surface area contributed by atoms with Crippen molar-refractivity contribution < 1.29 is 15.0 Å². The zero-order chi connectivity index (χ0) is 9.84. The van der Waals surface area contributed by atoms with E-state index in [1.165, 1.54) is 0 Å². The molecule has 0 fully saturated rings. The Morgan fingerprint density at radius 3 is 2.85 bits per heavy atom. The van der Waals surface area contributed by atoms with Crippen molar-refractivity contribution in [3.05, 3.63) is 23.0 Å². The van der Waals surface area contributed by atoms with E-state index in [4.69, 9.17) is 21.8 Å². The molecule has 0 bridgehead atoms. The molecule has 0 atom stereocenters. The van der Waals surface area contributed by atoms with Crippen LogP contribution in [-0.4, -0.2) is 27.4 Å². The van der Waals surface area contributed by atoms with Crippen molar-refractivity contribution >= 4 is 17.6 Å². The Labute approximate surface area is 80.4 Å². The normalized spacial score (nSPS) is 10.3. The van der Waals surface area contributed by atoms with Gasteiger partial charge in [-0.1, -0.05) is 11.6 Å². The number of aromatic nitrogens is 1. The molecule has 0 aliphatic rings. The van der Waals surface area contributed by atoms with E-state index in [1.807, 2.05) is 0 Å². The average Bonchev–Trinajstić information content (AvgIpc) is 2.31. The number of nitrogens with zero attached hydrogens (tertiary/aromatic N) is 1. The summed E-state index contributed by atoms with van der Waals surface area (Å²) in [5.74, 6) is -0.908. The van der Waals surface area contributed by atoms with E-state index in [2.05, 4.69) is 0 Å². The molecule has 0 amide bonds. The van der Waals surface area contributed by atoms with Crippen molar-refractivity contribution in [2.24, 2.45) is 0 Å². The second-order valence-electron chi connectivity index (χ2n) is 2.64. The predicted octanol–water partition coefficient (Wildman–Crippen LogP) is 0.761. The van der Waals surface area contributed by atoms with Crippen molar-refractivity contribution in [1.29, 1.82) is 0 Å². The van der Waals surface area contributed by atoms with Gasteiger partial charge in [-0.25, -0.2) is 0 Å². The Morgan fingerprint density at radius 1 is 1.62 bits per heavy atom. The Hall–Kier alpha value is -1.00. The van der Waals surface area contributed by atoms with Crippen LogP contribution in [0.3, 0.4) is 0 Å². The van der Waals surface area contributed by atoms with Gasteiger partial charge in [0.05, 0.1) is 18.1 Å². The van der Waals surface area contributed by atoms with Gasteiger partial charge < -0.3 is 14.8 Å². The maximum atomic E-state index is 10.4. The number of rotatable bonds is 4. The minimum Gasteiger partial charge on any atom is -0.481 e. The van der Waals surface area contributed by atoms with Crippen LogP contribution in [0.5, 0.6) is 0 Å². The van der Waals surface area contributed by atoms with Crippen LogP contribution in [0.1, 0.15) is 5.69 Å². The number of hydrogen-bond donors (Lipinski definition) is 2. The van der Waals surface area contributed by atoms with Gasteiger partial charge >= 0.3 is 5.97 Å². The van der Waals surface area contributed by atoms with Crippen molar-refractivity contribution in [2.45, 2.75) is 13.0 Å². The molecule has 0 saturated carbocycles. The maximum absolute atomic E-state index is 10.4. The molecule has 13 heavy (non-hydrogen) atoms. The van der Waals surface area contributed by atoms with E-state index < -0.39 is 5.97 Å². The molecule has 1 rings (SSSR count). The molecular weight excluding hydrogens is 194 g/mol. The molecule has 0 aliphatic carbocycles. The molecule has 2 N–H and O–H groups in total. The van der Waals surface area contributed by atoms with E-state index >= 15 is 0 Å². The van der Waals surface area contributed by atoms with Crippen molar-refractivity contribution in [3.63, 3.8) is 0 Å². The topological polar surface area (TPSA) is 62.5 Å². The zero-order valence-electron chi connectivity index (χ0n) is 6.90. The van der Waals surface area contributed by atoms with Gasteiger partial charge in [0.1, 0.15) is 0 Å². The summed E-state index contributed by atoms with van der Waals surface area (Å²) in [6, 6.07) is 1.59. The van der Waals surface area contributed by atoms with Crippen LogP contribution < -0.4 is 0 Å². The lowest BCUT2D eigenvalue weighted by atomic mass is 10.3. The third-order valence-electron chi connectivity index (χ3n) is 1.63. The van der Waals surface area contributed by atoms with Gasteiger partial charge in [0.25, 0.3) is 0 Å². The molecule has 5 heteroatoms. The number of carbonyl (C=O) groups is 1. The zero-order valence-corrected chi connectivity index (χ0v) is 7.66. The number of aliphatic hydroxyl groups is 1. The van der Waals surface area contributed by atoms with Gasteiger partial charge in [0, 0.05) is 18.4 Å². The van der Waals surface area contributed by atoms with Gasteiger partial charge in [0.15, 0.2) is 0 Å². The lowest BCUT2D eigenvalue weighted by molar-refractivity contribution is -0.136. The minimum absolute atomic E-state index is 0.0301.